The number of carbonyl (C=O) groups excluding carboxylic acids is 1. The Morgan fingerprint density at radius 1 is 1.38 bits per heavy atom. The SMILES string of the molecule is CN(CC(=O)N1CCNCC1)CC(F)(F)F. The van der Waals surface area contributed by atoms with Gasteiger partial charge in [0.05, 0.1) is 13.1 Å². The Bertz CT molecular complexity index is 239. The number of amides is 1. The van der Waals surface area contributed by atoms with Crippen LogP contribution in [-0.2, 0) is 4.79 Å². The van der Waals surface area contributed by atoms with Crippen LogP contribution in [-0.4, -0.2) is 68.2 Å². The zero-order valence-corrected chi connectivity index (χ0v) is 9.18. The first-order valence-electron chi connectivity index (χ1n) is 5.12. The molecule has 1 N–H and O–H groups in total. The zero-order chi connectivity index (χ0) is 12.2. The molecule has 0 radical (unpaired) electrons. The quantitative estimate of drug-likeness (QED) is 0.748. The van der Waals surface area contributed by atoms with Gasteiger partial charge < -0.3 is 10.2 Å². The van der Waals surface area contributed by atoms with Gasteiger partial charge in [-0.05, 0) is 7.05 Å². The number of halogens is 3. The van der Waals surface area contributed by atoms with Gasteiger partial charge in [-0.1, -0.05) is 0 Å². The molecule has 94 valence electrons. The van der Waals surface area contributed by atoms with Crippen molar-refractivity contribution in [2.45, 2.75) is 6.18 Å². The molecule has 0 aromatic carbocycles. The van der Waals surface area contributed by atoms with Gasteiger partial charge >= 0.3 is 6.18 Å². The number of piperazine rings is 1. The Kier molecular flexibility index (Phi) is 4.55. The summed E-state index contributed by atoms with van der Waals surface area (Å²) in [6.45, 7) is 1.31. The highest BCUT2D eigenvalue weighted by atomic mass is 19.4. The number of likely N-dealkylation sites (N-methyl/N-ethyl adjacent to an activating group) is 1. The molecule has 0 unspecified atom stereocenters. The van der Waals surface area contributed by atoms with Crippen molar-refractivity contribution in [3.05, 3.63) is 0 Å². The summed E-state index contributed by atoms with van der Waals surface area (Å²) in [6, 6.07) is 0. The van der Waals surface area contributed by atoms with E-state index in [2.05, 4.69) is 5.32 Å². The molecule has 0 aliphatic carbocycles. The van der Waals surface area contributed by atoms with Gasteiger partial charge in [-0.3, -0.25) is 9.69 Å². The second-order valence-electron chi connectivity index (χ2n) is 3.92. The van der Waals surface area contributed by atoms with Crippen LogP contribution in [0.25, 0.3) is 0 Å². The van der Waals surface area contributed by atoms with Crippen LogP contribution in [0.15, 0.2) is 0 Å². The molecule has 1 saturated heterocycles. The van der Waals surface area contributed by atoms with Crippen LogP contribution in [0.2, 0.25) is 0 Å². The summed E-state index contributed by atoms with van der Waals surface area (Å²) in [4.78, 5) is 14.2. The standard InChI is InChI=1S/C9H16F3N3O/c1-14(7-9(10,11)12)6-8(16)15-4-2-13-3-5-15/h13H,2-7H2,1H3. The van der Waals surface area contributed by atoms with Crippen LogP contribution in [0.3, 0.4) is 0 Å². The van der Waals surface area contributed by atoms with Gasteiger partial charge in [-0.2, -0.15) is 13.2 Å². The lowest BCUT2D eigenvalue weighted by atomic mass is 10.3. The van der Waals surface area contributed by atoms with Gasteiger partial charge in [-0.25, -0.2) is 0 Å². The van der Waals surface area contributed by atoms with Crippen LogP contribution < -0.4 is 5.32 Å². The number of rotatable bonds is 3. The molecule has 1 amide bonds. The molecule has 1 aliphatic heterocycles. The maximum absolute atomic E-state index is 12.0. The number of alkyl halides is 3. The smallest absolute Gasteiger partial charge is 0.339 e. The molecule has 1 fully saturated rings. The Labute approximate surface area is 92.4 Å². The second kappa shape index (κ2) is 5.49. The normalized spacial score (nSPS) is 17.9. The molecule has 0 aromatic rings. The summed E-state index contributed by atoms with van der Waals surface area (Å²) in [5, 5.41) is 3.07. The Morgan fingerprint density at radius 3 is 2.44 bits per heavy atom. The molecule has 4 nitrogen and oxygen atoms in total. The minimum atomic E-state index is -4.25. The third-order valence-corrected chi connectivity index (χ3v) is 2.32. The molecule has 0 atom stereocenters. The first-order valence-corrected chi connectivity index (χ1v) is 5.12. The topological polar surface area (TPSA) is 35.6 Å². The molecule has 0 saturated carbocycles. The Hall–Kier alpha value is -0.820. The molecule has 0 aromatic heterocycles. The molecule has 7 heteroatoms. The number of hydrogen-bond acceptors (Lipinski definition) is 3. The third-order valence-electron chi connectivity index (χ3n) is 2.32. The molecule has 0 spiro atoms. The minimum Gasteiger partial charge on any atom is -0.339 e. The summed E-state index contributed by atoms with van der Waals surface area (Å²) >= 11 is 0. The van der Waals surface area contributed by atoms with E-state index in [4.69, 9.17) is 0 Å². The molecule has 1 aliphatic rings. The molecule has 16 heavy (non-hydrogen) atoms. The van der Waals surface area contributed by atoms with Crippen molar-refractivity contribution in [3.8, 4) is 0 Å². The molecular weight excluding hydrogens is 223 g/mol. The predicted molar refractivity (Wildman–Crippen MR) is 53.0 cm³/mol. The number of hydrogen-bond donors (Lipinski definition) is 1. The van der Waals surface area contributed by atoms with Crippen LogP contribution in [0.1, 0.15) is 0 Å². The lowest BCUT2D eigenvalue weighted by Gasteiger charge is -2.29. The van der Waals surface area contributed by atoms with E-state index in [1.165, 1.54) is 7.05 Å². The van der Waals surface area contributed by atoms with Crippen molar-refractivity contribution in [2.75, 3.05) is 46.3 Å². The Balaban J connectivity index is 2.32. The minimum absolute atomic E-state index is 0.181. The van der Waals surface area contributed by atoms with E-state index >= 15 is 0 Å². The van der Waals surface area contributed by atoms with Crippen LogP contribution >= 0.6 is 0 Å². The monoisotopic (exact) mass is 239 g/mol. The highest BCUT2D eigenvalue weighted by Gasteiger charge is 2.30. The highest BCUT2D eigenvalue weighted by Crippen LogP contribution is 2.15. The predicted octanol–water partition coefficient (Wildman–Crippen LogP) is -0.0877. The van der Waals surface area contributed by atoms with E-state index in [9.17, 15) is 18.0 Å². The van der Waals surface area contributed by atoms with Gasteiger partial charge in [0.1, 0.15) is 0 Å². The van der Waals surface area contributed by atoms with E-state index in [0.29, 0.717) is 26.2 Å². The molecular formula is C9H16F3N3O. The van der Waals surface area contributed by atoms with E-state index in [-0.39, 0.29) is 12.5 Å². The molecule has 0 bridgehead atoms. The summed E-state index contributed by atoms with van der Waals surface area (Å²) in [6.07, 6.45) is -4.25. The molecule has 1 rings (SSSR count). The average Bonchev–Trinajstić information content (AvgIpc) is 2.16. The lowest BCUT2D eigenvalue weighted by molar-refractivity contribution is -0.149. The van der Waals surface area contributed by atoms with Gasteiger partial charge in [-0.15, -0.1) is 0 Å². The van der Waals surface area contributed by atoms with E-state index < -0.39 is 12.7 Å². The second-order valence-corrected chi connectivity index (χ2v) is 3.92. The number of nitrogens with zero attached hydrogens (tertiary/aromatic N) is 2. The van der Waals surface area contributed by atoms with Crippen LogP contribution in [0.5, 0.6) is 0 Å². The fourth-order valence-corrected chi connectivity index (χ4v) is 1.61. The number of carbonyl (C=O) groups is 1. The van der Waals surface area contributed by atoms with Crippen molar-refractivity contribution in [1.29, 1.82) is 0 Å². The van der Waals surface area contributed by atoms with Crippen molar-refractivity contribution in [2.24, 2.45) is 0 Å². The van der Waals surface area contributed by atoms with Crippen molar-refractivity contribution in [1.82, 2.24) is 15.1 Å². The van der Waals surface area contributed by atoms with Gasteiger partial charge in [0.25, 0.3) is 0 Å². The van der Waals surface area contributed by atoms with Crippen molar-refractivity contribution < 1.29 is 18.0 Å². The summed E-state index contributed by atoms with van der Waals surface area (Å²) in [7, 11) is 1.30. The van der Waals surface area contributed by atoms with Gasteiger partial charge in [0.15, 0.2) is 0 Å². The first kappa shape index (κ1) is 13.2. The van der Waals surface area contributed by atoms with Crippen molar-refractivity contribution in [3.63, 3.8) is 0 Å². The van der Waals surface area contributed by atoms with Crippen LogP contribution in [0.4, 0.5) is 13.2 Å². The maximum Gasteiger partial charge on any atom is 0.401 e. The maximum atomic E-state index is 12.0. The van der Waals surface area contributed by atoms with E-state index in [0.717, 1.165) is 4.90 Å². The fourth-order valence-electron chi connectivity index (χ4n) is 1.61. The summed E-state index contributed by atoms with van der Waals surface area (Å²) in [5.41, 5.74) is 0. The third kappa shape index (κ3) is 4.80. The van der Waals surface area contributed by atoms with E-state index in [1.807, 2.05) is 0 Å². The highest BCUT2D eigenvalue weighted by molar-refractivity contribution is 5.78. The first-order chi connectivity index (χ1) is 7.38. The van der Waals surface area contributed by atoms with Crippen molar-refractivity contribution >= 4 is 5.91 Å². The lowest BCUT2D eigenvalue weighted by Crippen LogP contribution is -2.49. The average molecular weight is 239 g/mol. The largest absolute Gasteiger partial charge is 0.401 e. The Morgan fingerprint density at radius 2 is 1.94 bits per heavy atom. The summed E-state index contributed by atoms with van der Waals surface area (Å²) < 4.78 is 36.1. The number of nitrogens with one attached hydrogen (secondary N) is 1. The fraction of sp³-hybridized carbons (Fsp3) is 0.889. The molecule has 1 heterocycles. The summed E-state index contributed by atoms with van der Waals surface area (Å²) in [5.74, 6) is -0.242. The van der Waals surface area contributed by atoms with E-state index in [1.54, 1.807) is 4.90 Å². The van der Waals surface area contributed by atoms with Gasteiger partial charge in [0, 0.05) is 26.2 Å². The van der Waals surface area contributed by atoms with Crippen LogP contribution in [0, 0.1) is 0 Å². The van der Waals surface area contributed by atoms with Gasteiger partial charge in [0.2, 0.25) is 5.91 Å². The zero-order valence-electron chi connectivity index (χ0n) is 9.18.